The zero-order chi connectivity index (χ0) is 15.4. The van der Waals surface area contributed by atoms with Crippen molar-refractivity contribution in [3.8, 4) is 0 Å². The SMILES string of the molecule is O=C(CC1CCCO1)NC1CCC(n2ncccc2=O)CC1. The van der Waals surface area contributed by atoms with E-state index in [0.29, 0.717) is 6.42 Å². The third-order valence-corrected chi connectivity index (χ3v) is 4.59. The molecule has 0 spiro atoms. The Kier molecular flexibility index (Phi) is 4.87. The van der Waals surface area contributed by atoms with Gasteiger partial charge in [0, 0.05) is 24.9 Å². The summed E-state index contributed by atoms with van der Waals surface area (Å²) in [5.41, 5.74) is -0.0478. The second kappa shape index (κ2) is 7.05. The van der Waals surface area contributed by atoms with E-state index < -0.39 is 0 Å². The van der Waals surface area contributed by atoms with Gasteiger partial charge in [0.2, 0.25) is 5.91 Å². The summed E-state index contributed by atoms with van der Waals surface area (Å²) in [6.45, 7) is 0.780. The van der Waals surface area contributed by atoms with E-state index in [9.17, 15) is 9.59 Å². The minimum absolute atomic E-state index is 0.0478. The number of nitrogens with one attached hydrogen (secondary N) is 1. The standard InChI is InChI=1S/C16H23N3O3/c20-15(11-14-3-2-10-22-14)18-12-5-7-13(8-6-12)19-16(21)4-1-9-17-19/h1,4,9,12-14H,2-3,5-8,10-11H2,(H,18,20). The fraction of sp³-hybridized carbons (Fsp3) is 0.688. The highest BCUT2D eigenvalue weighted by molar-refractivity contribution is 5.76. The average Bonchev–Trinajstić information content (AvgIpc) is 3.01. The lowest BCUT2D eigenvalue weighted by Gasteiger charge is -2.29. The molecule has 2 heterocycles. The van der Waals surface area contributed by atoms with Crippen LogP contribution >= 0.6 is 0 Å². The first-order valence-electron chi connectivity index (χ1n) is 8.17. The van der Waals surface area contributed by atoms with E-state index in [-0.39, 0.29) is 29.7 Å². The summed E-state index contributed by atoms with van der Waals surface area (Å²) in [7, 11) is 0. The van der Waals surface area contributed by atoms with Crippen LogP contribution in [-0.4, -0.2) is 34.4 Å². The van der Waals surface area contributed by atoms with Crippen LogP contribution in [0.25, 0.3) is 0 Å². The molecule has 1 aromatic rings. The fourth-order valence-electron chi connectivity index (χ4n) is 3.41. The molecule has 3 rings (SSSR count). The molecule has 2 fully saturated rings. The molecule has 1 aliphatic carbocycles. The number of amides is 1. The van der Waals surface area contributed by atoms with E-state index in [2.05, 4.69) is 10.4 Å². The van der Waals surface area contributed by atoms with Crippen LogP contribution < -0.4 is 10.9 Å². The Hall–Kier alpha value is -1.69. The first-order chi connectivity index (χ1) is 10.7. The van der Waals surface area contributed by atoms with Crippen molar-refractivity contribution in [3.63, 3.8) is 0 Å². The number of aromatic nitrogens is 2. The molecule has 1 aliphatic heterocycles. The molecule has 2 aliphatic rings. The molecular weight excluding hydrogens is 282 g/mol. The molecule has 6 nitrogen and oxygen atoms in total. The van der Waals surface area contributed by atoms with Gasteiger partial charge in [-0.05, 0) is 44.6 Å². The summed E-state index contributed by atoms with van der Waals surface area (Å²) in [6.07, 6.45) is 7.81. The van der Waals surface area contributed by atoms with Gasteiger partial charge in [-0.2, -0.15) is 5.10 Å². The first-order valence-corrected chi connectivity index (χ1v) is 8.17. The number of carbonyl (C=O) groups is 1. The normalized spacial score (nSPS) is 28.5. The Labute approximate surface area is 129 Å². The third-order valence-electron chi connectivity index (χ3n) is 4.59. The average molecular weight is 305 g/mol. The number of carbonyl (C=O) groups excluding carboxylic acids is 1. The van der Waals surface area contributed by atoms with E-state index in [1.807, 2.05) is 0 Å². The van der Waals surface area contributed by atoms with Crippen LogP contribution in [0.2, 0.25) is 0 Å². The van der Waals surface area contributed by atoms with Crippen molar-refractivity contribution in [2.45, 2.75) is 63.1 Å². The first kappa shape index (κ1) is 15.2. The van der Waals surface area contributed by atoms with Gasteiger partial charge in [-0.3, -0.25) is 9.59 Å². The molecule has 0 radical (unpaired) electrons. The largest absolute Gasteiger partial charge is 0.378 e. The highest BCUT2D eigenvalue weighted by Gasteiger charge is 2.26. The van der Waals surface area contributed by atoms with Crippen LogP contribution in [0.15, 0.2) is 23.1 Å². The van der Waals surface area contributed by atoms with Gasteiger partial charge in [-0.15, -0.1) is 0 Å². The number of hydrogen-bond donors (Lipinski definition) is 1. The van der Waals surface area contributed by atoms with Gasteiger partial charge in [-0.25, -0.2) is 4.68 Å². The predicted molar refractivity (Wildman–Crippen MR) is 81.5 cm³/mol. The van der Waals surface area contributed by atoms with E-state index >= 15 is 0 Å². The van der Waals surface area contributed by atoms with Crippen LogP contribution in [0.1, 0.15) is 51.0 Å². The summed E-state index contributed by atoms with van der Waals surface area (Å²) < 4.78 is 7.07. The molecule has 1 saturated heterocycles. The Morgan fingerprint density at radius 1 is 1.32 bits per heavy atom. The molecule has 0 bridgehead atoms. The molecule has 1 aromatic heterocycles. The van der Waals surface area contributed by atoms with Gasteiger partial charge in [0.05, 0.1) is 18.6 Å². The van der Waals surface area contributed by atoms with Crippen LogP contribution in [-0.2, 0) is 9.53 Å². The van der Waals surface area contributed by atoms with Crippen molar-refractivity contribution in [3.05, 3.63) is 28.7 Å². The summed E-state index contributed by atoms with van der Waals surface area (Å²) in [4.78, 5) is 23.8. The molecule has 120 valence electrons. The molecule has 1 unspecified atom stereocenters. The van der Waals surface area contributed by atoms with Crippen molar-refractivity contribution < 1.29 is 9.53 Å². The van der Waals surface area contributed by atoms with Crippen LogP contribution in [0.5, 0.6) is 0 Å². The van der Waals surface area contributed by atoms with Gasteiger partial charge in [-0.1, -0.05) is 0 Å². The highest BCUT2D eigenvalue weighted by Crippen LogP contribution is 2.27. The maximum absolute atomic E-state index is 12.0. The number of rotatable bonds is 4. The zero-order valence-corrected chi connectivity index (χ0v) is 12.7. The Balaban J connectivity index is 1.46. The minimum Gasteiger partial charge on any atom is -0.378 e. The summed E-state index contributed by atoms with van der Waals surface area (Å²) in [5.74, 6) is 0.0883. The summed E-state index contributed by atoms with van der Waals surface area (Å²) in [6, 6.07) is 3.57. The lowest BCUT2D eigenvalue weighted by molar-refractivity contribution is -0.124. The Bertz CT molecular complexity index is 558. The van der Waals surface area contributed by atoms with Crippen LogP contribution in [0, 0.1) is 0 Å². The molecule has 6 heteroatoms. The van der Waals surface area contributed by atoms with Crippen molar-refractivity contribution in [2.24, 2.45) is 0 Å². The predicted octanol–water partition coefficient (Wildman–Crippen LogP) is 1.41. The molecule has 1 N–H and O–H groups in total. The molecular formula is C16H23N3O3. The summed E-state index contributed by atoms with van der Waals surface area (Å²) >= 11 is 0. The fourth-order valence-corrected chi connectivity index (χ4v) is 3.41. The lowest BCUT2D eigenvalue weighted by Crippen LogP contribution is -2.40. The summed E-state index contributed by atoms with van der Waals surface area (Å²) in [5, 5.41) is 7.26. The monoisotopic (exact) mass is 305 g/mol. The van der Waals surface area contributed by atoms with Gasteiger partial charge in [0.15, 0.2) is 0 Å². The van der Waals surface area contributed by atoms with Crippen molar-refractivity contribution in [1.82, 2.24) is 15.1 Å². The number of ether oxygens (including phenoxy) is 1. The number of hydrogen-bond acceptors (Lipinski definition) is 4. The maximum atomic E-state index is 12.0. The molecule has 0 aromatic carbocycles. The Morgan fingerprint density at radius 2 is 2.14 bits per heavy atom. The highest BCUT2D eigenvalue weighted by atomic mass is 16.5. The quantitative estimate of drug-likeness (QED) is 0.913. The van der Waals surface area contributed by atoms with E-state index in [0.717, 1.165) is 45.1 Å². The second-order valence-corrected chi connectivity index (χ2v) is 6.22. The zero-order valence-electron chi connectivity index (χ0n) is 12.7. The van der Waals surface area contributed by atoms with Crippen LogP contribution in [0.3, 0.4) is 0 Å². The molecule has 1 amide bonds. The van der Waals surface area contributed by atoms with Gasteiger partial charge in [0.1, 0.15) is 0 Å². The lowest BCUT2D eigenvalue weighted by atomic mass is 9.91. The van der Waals surface area contributed by atoms with Crippen molar-refractivity contribution in [1.29, 1.82) is 0 Å². The van der Waals surface area contributed by atoms with Gasteiger partial charge in [0.25, 0.3) is 5.56 Å². The molecule has 22 heavy (non-hydrogen) atoms. The second-order valence-electron chi connectivity index (χ2n) is 6.22. The topological polar surface area (TPSA) is 73.2 Å². The molecule has 1 saturated carbocycles. The van der Waals surface area contributed by atoms with Crippen molar-refractivity contribution >= 4 is 5.91 Å². The maximum Gasteiger partial charge on any atom is 0.266 e. The van der Waals surface area contributed by atoms with Crippen molar-refractivity contribution in [2.75, 3.05) is 6.61 Å². The van der Waals surface area contributed by atoms with Gasteiger partial charge >= 0.3 is 0 Å². The van der Waals surface area contributed by atoms with Crippen LogP contribution in [0.4, 0.5) is 0 Å². The van der Waals surface area contributed by atoms with Gasteiger partial charge < -0.3 is 10.1 Å². The Morgan fingerprint density at radius 3 is 2.82 bits per heavy atom. The van der Waals surface area contributed by atoms with E-state index in [4.69, 9.17) is 4.74 Å². The third kappa shape index (κ3) is 3.74. The number of nitrogens with zero attached hydrogens (tertiary/aromatic N) is 2. The molecule has 1 atom stereocenters. The minimum atomic E-state index is -0.0478. The smallest absolute Gasteiger partial charge is 0.266 e. The van der Waals surface area contributed by atoms with E-state index in [1.54, 1.807) is 23.0 Å². The van der Waals surface area contributed by atoms with E-state index in [1.165, 1.54) is 0 Å².